The molecule has 46 heavy (non-hydrogen) atoms. The molecular formula is C39H48F2N2O3. The van der Waals surface area contributed by atoms with Crippen LogP contribution in [0, 0.1) is 17.6 Å². The summed E-state index contributed by atoms with van der Waals surface area (Å²) in [5.41, 5.74) is 3.62. The van der Waals surface area contributed by atoms with Crippen molar-refractivity contribution >= 4 is 0 Å². The fourth-order valence-corrected chi connectivity index (χ4v) is 5.81. The van der Waals surface area contributed by atoms with Crippen molar-refractivity contribution < 1.29 is 23.7 Å². The van der Waals surface area contributed by atoms with Gasteiger partial charge in [-0.3, -0.25) is 4.90 Å². The second-order valence-corrected chi connectivity index (χ2v) is 12.5. The predicted molar refractivity (Wildman–Crippen MR) is 180 cm³/mol. The largest absolute Gasteiger partial charge is 0.395 e. The van der Waals surface area contributed by atoms with Gasteiger partial charge < -0.3 is 20.3 Å². The number of hydrogen-bond acceptors (Lipinski definition) is 5. The lowest BCUT2D eigenvalue weighted by Gasteiger charge is -2.41. The van der Waals surface area contributed by atoms with Gasteiger partial charge in [0.1, 0.15) is 11.6 Å². The predicted octanol–water partition coefficient (Wildman–Crippen LogP) is 6.91. The molecule has 0 aliphatic rings. The molecule has 0 unspecified atom stereocenters. The van der Waals surface area contributed by atoms with Crippen molar-refractivity contribution in [1.29, 1.82) is 0 Å². The topological polar surface area (TPSA) is 65.0 Å². The average Bonchev–Trinajstić information content (AvgIpc) is 3.05. The lowest BCUT2D eigenvalue weighted by Crippen LogP contribution is -2.57. The number of halogens is 2. The third-order valence-corrected chi connectivity index (χ3v) is 8.24. The fourth-order valence-electron chi connectivity index (χ4n) is 5.81. The number of ether oxygens (including phenoxy) is 1. The van der Waals surface area contributed by atoms with E-state index >= 15 is 0 Å². The van der Waals surface area contributed by atoms with E-state index in [0.29, 0.717) is 31.0 Å². The van der Waals surface area contributed by atoms with E-state index in [1.54, 1.807) is 0 Å². The minimum Gasteiger partial charge on any atom is -0.395 e. The molecule has 0 spiro atoms. The number of rotatable bonds is 19. The van der Waals surface area contributed by atoms with Crippen molar-refractivity contribution in [2.75, 3.05) is 13.2 Å². The minimum atomic E-state index is -0.640. The smallest absolute Gasteiger partial charge is 0.126 e. The van der Waals surface area contributed by atoms with E-state index in [4.69, 9.17) is 4.74 Å². The summed E-state index contributed by atoms with van der Waals surface area (Å²) >= 11 is 0. The van der Waals surface area contributed by atoms with Gasteiger partial charge in [0.05, 0.1) is 31.5 Å². The van der Waals surface area contributed by atoms with Crippen LogP contribution in [0.2, 0.25) is 0 Å². The molecule has 4 aromatic carbocycles. The highest BCUT2D eigenvalue weighted by molar-refractivity contribution is 5.22. The monoisotopic (exact) mass is 630 g/mol. The molecular weight excluding hydrogens is 582 g/mol. The standard InChI is InChI=1S/C39H48F2N2O3/c1-29(2)18-19-36(45)24-42-37(27-44)39(46-28-32-16-10-5-11-17-32)38(22-33-20-34(40)23-35(41)21-33)43(25-30-12-6-3-7-13-30)26-31-14-8-4-9-15-31/h3-17,20-21,23,29,36-39,42,44-45H,18-19,22,24-28H2,1-2H3/t36-,37+,38-,39+/m0/s1. The van der Waals surface area contributed by atoms with Gasteiger partial charge in [-0.15, -0.1) is 0 Å². The average molecular weight is 631 g/mol. The zero-order valence-corrected chi connectivity index (χ0v) is 26.9. The summed E-state index contributed by atoms with van der Waals surface area (Å²) in [5, 5.41) is 25.0. The van der Waals surface area contributed by atoms with Gasteiger partial charge in [-0.1, -0.05) is 105 Å². The van der Waals surface area contributed by atoms with E-state index in [-0.39, 0.29) is 26.2 Å². The Hall–Kier alpha value is -3.46. The van der Waals surface area contributed by atoms with Crippen molar-refractivity contribution in [1.82, 2.24) is 10.2 Å². The van der Waals surface area contributed by atoms with E-state index in [1.165, 1.54) is 12.1 Å². The SMILES string of the molecule is CC(C)CC[C@H](O)CN[C@H](CO)[C@@H](OCc1ccccc1)[C@H](Cc1cc(F)cc(F)c1)N(Cc1ccccc1)Cc1ccccc1. The molecule has 0 saturated heterocycles. The van der Waals surface area contributed by atoms with E-state index in [1.807, 2.05) is 66.7 Å². The Labute approximate surface area is 272 Å². The van der Waals surface area contributed by atoms with E-state index in [2.05, 4.69) is 48.3 Å². The van der Waals surface area contributed by atoms with Gasteiger partial charge in [-0.05, 0) is 59.6 Å². The van der Waals surface area contributed by atoms with Gasteiger partial charge in [0.25, 0.3) is 0 Å². The fraction of sp³-hybridized carbons (Fsp3) is 0.385. The molecule has 4 atom stereocenters. The maximum absolute atomic E-state index is 14.5. The van der Waals surface area contributed by atoms with E-state index in [9.17, 15) is 19.0 Å². The quantitative estimate of drug-likeness (QED) is 0.105. The van der Waals surface area contributed by atoms with Crippen molar-refractivity contribution in [2.24, 2.45) is 5.92 Å². The summed E-state index contributed by atoms with van der Waals surface area (Å²) in [7, 11) is 0. The van der Waals surface area contributed by atoms with Gasteiger partial charge in [0, 0.05) is 31.7 Å². The molecule has 4 aromatic rings. The number of aliphatic hydroxyl groups is 2. The zero-order chi connectivity index (χ0) is 32.7. The molecule has 0 amide bonds. The van der Waals surface area contributed by atoms with Crippen LogP contribution in [0.3, 0.4) is 0 Å². The second kappa shape index (κ2) is 18.6. The van der Waals surface area contributed by atoms with Crippen LogP contribution in [0.5, 0.6) is 0 Å². The molecule has 0 aromatic heterocycles. The molecule has 246 valence electrons. The molecule has 0 radical (unpaired) electrons. The maximum atomic E-state index is 14.5. The highest BCUT2D eigenvalue weighted by Gasteiger charge is 2.35. The van der Waals surface area contributed by atoms with Gasteiger partial charge >= 0.3 is 0 Å². The summed E-state index contributed by atoms with van der Waals surface area (Å²) in [4.78, 5) is 2.27. The first-order valence-corrected chi connectivity index (χ1v) is 16.3. The van der Waals surface area contributed by atoms with E-state index in [0.717, 1.165) is 29.2 Å². The molecule has 5 nitrogen and oxygen atoms in total. The van der Waals surface area contributed by atoms with Crippen molar-refractivity contribution in [2.45, 2.75) is 77.1 Å². The van der Waals surface area contributed by atoms with Gasteiger partial charge in [-0.25, -0.2) is 8.78 Å². The zero-order valence-electron chi connectivity index (χ0n) is 26.9. The highest BCUT2D eigenvalue weighted by Crippen LogP contribution is 2.25. The lowest BCUT2D eigenvalue weighted by atomic mass is 9.93. The van der Waals surface area contributed by atoms with Crippen LogP contribution in [0.25, 0.3) is 0 Å². The molecule has 4 rings (SSSR count). The molecule has 7 heteroatoms. The molecule has 0 saturated carbocycles. The Balaban J connectivity index is 1.75. The van der Waals surface area contributed by atoms with E-state index < -0.39 is 35.9 Å². The molecule has 0 heterocycles. The first kappa shape index (κ1) is 35.4. The number of nitrogens with zero attached hydrogens (tertiary/aromatic N) is 1. The molecule has 0 aliphatic carbocycles. The summed E-state index contributed by atoms with van der Waals surface area (Å²) < 4.78 is 35.8. The van der Waals surface area contributed by atoms with Gasteiger partial charge in [0.2, 0.25) is 0 Å². The highest BCUT2D eigenvalue weighted by atomic mass is 19.1. The first-order chi connectivity index (χ1) is 22.3. The molecule has 0 bridgehead atoms. The number of aliphatic hydroxyl groups excluding tert-OH is 2. The van der Waals surface area contributed by atoms with Crippen LogP contribution in [0.1, 0.15) is 48.9 Å². The number of nitrogens with one attached hydrogen (secondary N) is 1. The van der Waals surface area contributed by atoms with Crippen LogP contribution >= 0.6 is 0 Å². The lowest BCUT2D eigenvalue weighted by molar-refractivity contribution is -0.0600. The maximum Gasteiger partial charge on any atom is 0.126 e. The Kier molecular flexibility index (Phi) is 14.3. The Morgan fingerprint density at radius 3 is 1.74 bits per heavy atom. The summed E-state index contributed by atoms with van der Waals surface area (Å²) in [6, 6.07) is 32.6. The third-order valence-electron chi connectivity index (χ3n) is 8.24. The summed E-state index contributed by atoms with van der Waals surface area (Å²) in [6.45, 7) is 5.63. The van der Waals surface area contributed by atoms with Crippen LogP contribution < -0.4 is 5.32 Å². The van der Waals surface area contributed by atoms with Crippen molar-refractivity contribution in [3.8, 4) is 0 Å². The van der Waals surface area contributed by atoms with Crippen LogP contribution in [-0.2, 0) is 30.9 Å². The van der Waals surface area contributed by atoms with Crippen LogP contribution in [0.15, 0.2) is 109 Å². The Morgan fingerprint density at radius 2 is 1.24 bits per heavy atom. The number of hydrogen-bond donors (Lipinski definition) is 3. The minimum absolute atomic E-state index is 0.255. The molecule has 3 N–H and O–H groups in total. The van der Waals surface area contributed by atoms with Crippen LogP contribution in [0.4, 0.5) is 8.78 Å². The van der Waals surface area contributed by atoms with Crippen molar-refractivity contribution in [3.63, 3.8) is 0 Å². The van der Waals surface area contributed by atoms with Crippen molar-refractivity contribution in [3.05, 3.63) is 143 Å². The third kappa shape index (κ3) is 11.7. The second-order valence-electron chi connectivity index (χ2n) is 12.5. The Bertz CT molecular complexity index is 1350. The summed E-state index contributed by atoms with van der Waals surface area (Å²) in [6.07, 6.45) is 0.574. The van der Waals surface area contributed by atoms with Gasteiger partial charge in [0.15, 0.2) is 0 Å². The molecule has 0 fully saturated rings. The normalized spacial score (nSPS) is 14.3. The van der Waals surface area contributed by atoms with Gasteiger partial charge in [-0.2, -0.15) is 0 Å². The first-order valence-electron chi connectivity index (χ1n) is 16.3. The summed E-state index contributed by atoms with van der Waals surface area (Å²) in [5.74, 6) is -0.817. The van der Waals surface area contributed by atoms with Crippen LogP contribution in [-0.4, -0.2) is 52.6 Å². The number of benzene rings is 4. The Morgan fingerprint density at radius 1 is 0.717 bits per heavy atom. The molecule has 0 aliphatic heterocycles.